The molecule has 1 fully saturated rings. The highest BCUT2D eigenvalue weighted by atomic mass is 16.5. The Bertz CT molecular complexity index is 1100. The standard InChI is InChI=1S/C25H31N5O2/c1-5-21-13-23(20-7-6-17(2)18(3)12-20)28-30(21)15-25(31)29-10-8-19(9-11-29)22-14-24(32-4)27-16-26-22/h6-7,12-14,16,19H,5,8-11,15H2,1-4H3. The Kier molecular flexibility index (Phi) is 6.53. The fraction of sp³-hybridized carbons (Fsp3) is 0.440. The van der Waals surface area contributed by atoms with Crippen LogP contribution in [0.1, 0.15) is 48.2 Å². The molecule has 3 aromatic rings. The molecule has 1 saturated heterocycles. The molecule has 7 heteroatoms. The van der Waals surface area contributed by atoms with Crippen molar-refractivity contribution in [3.63, 3.8) is 0 Å². The van der Waals surface area contributed by atoms with Crippen LogP contribution in [0.25, 0.3) is 11.3 Å². The van der Waals surface area contributed by atoms with Gasteiger partial charge in [0.15, 0.2) is 0 Å². The van der Waals surface area contributed by atoms with E-state index in [1.807, 2.05) is 15.6 Å². The first-order valence-electron chi connectivity index (χ1n) is 11.3. The average Bonchev–Trinajstić information content (AvgIpc) is 3.23. The molecule has 7 nitrogen and oxygen atoms in total. The maximum atomic E-state index is 13.0. The number of carbonyl (C=O) groups is 1. The van der Waals surface area contributed by atoms with E-state index < -0.39 is 0 Å². The third-order valence-corrected chi connectivity index (χ3v) is 6.45. The van der Waals surface area contributed by atoms with Crippen LogP contribution in [-0.4, -0.2) is 50.8 Å². The number of carbonyl (C=O) groups excluding carboxylic acids is 1. The maximum absolute atomic E-state index is 13.0. The molecule has 0 unspecified atom stereocenters. The van der Waals surface area contributed by atoms with Gasteiger partial charge in [-0.15, -0.1) is 0 Å². The first-order chi connectivity index (χ1) is 15.5. The molecule has 1 aromatic carbocycles. The Morgan fingerprint density at radius 3 is 2.56 bits per heavy atom. The van der Waals surface area contributed by atoms with Crippen LogP contribution >= 0.6 is 0 Å². The number of aromatic nitrogens is 4. The van der Waals surface area contributed by atoms with Gasteiger partial charge in [-0.25, -0.2) is 9.97 Å². The summed E-state index contributed by atoms with van der Waals surface area (Å²) >= 11 is 0. The van der Waals surface area contributed by atoms with Crippen LogP contribution in [0.3, 0.4) is 0 Å². The monoisotopic (exact) mass is 433 g/mol. The number of aryl methyl sites for hydroxylation is 3. The van der Waals surface area contributed by atoms with Crippen molar-refractivity contribution in [2.75, 3.05) is 20.2 Å². The minimum atomic E-state index is 0.119. The highest BCUT2D eigenvalue weighted by Crippen LogP contribution is 2.28. The van der Waals surface area contributed by atoms with E-state index in [2.05, 4.69) is 55.0 Å². The van der Waals surface area contributed by atoms with Crippen molar-refractivity contribution >= 4 is 5.91 Å². The molecule has 0 atom stereocenters. The average molecular weight is 434 g/mol. The van der Waals surface area contributed by atoms with Gasteiger partial charge in [-0.1, -0.05) is 19.1 Å². The van der Waals surface area contributed by atoms with Gasteiger partial charge in [0.05, 0.1) is 18.5 Å². The fourth-order valence-corrected chi connectivity index (χ4v) is 4.26. The largest absolute Gasteiger partial charge is 0.481 e. The molecule has 2 aromatic heterocycles. The first-order valence-corrected chi connectivity index (χ1v) is 11.3. The Hall–Kier alpha value is -3.22. The summed E-state index contributed by atoms with van der Waals surface area (Å²) in [4.78, 5) is 23.5. The number of methoxy groups -OCH3 is 1. The molecular weight excluding hydrogens is 402 g/mol. The van der Waals surface area contributed by atoms with E-state index in [4.69, 9.17) is 9.84 Å². The molecular formula is C25H31N5O2. The van der Waals surface area contributed by atoms with Crippen LogP contribution in [-0.2, 0) is 17.8 Å². The lowest BCUT2D eigenvalue weighted by molar-refractivity contribution is -0.133. The fourth-order valence-electron chi connectivity index (χ4n) is 4.26. The van der Waals surface area contributed by atoms with E-state index in [1.54, 1.807) is 13.4 Å². The summed E-state index contributed by atoms with van der Waals surface area (Å²) in [7, 11) is 1.61. The summed E-state index contributed by atoms with van der Waals surface area (Å²) in [6.07, 6.45) is 4.16. The predicted octanol–water partition coefficient (Wildman–Crippen LogP) is 3.93. The normalized spacial score (nSPS) is 14.6. The van der Waals surface area contributed by atoms with Gasteiger partial charge in [-0.3, -0.25) is 9.48 Å². The molecule has 0 aliphatic carbocycles. The zero-order valence-corrected chi connectivity index (χ0v) is 19.3. The molecule has 3 heterocycles. The molecule has 1 aliphatic rings. The molecule has 0 spiro atoms. The number of nitrogens with zero attached hydrogens (tertiary/aromatic N) is 5. The second-order valence-electron chi connectivity index (χ2n) is 8.47. The summed E-state index contributed by atoms with van der Waals surface area (Å²) in [5.74, 6) is 1.02. The van der Waals surface area contributed by atoms with Gasteiger partial charge < -0.3 is 9.64 Å². The van der Waals surface area contributed by atoms with Crippen molar-refractivity contribution in [1.29, 1.82) is 0 Å². The number of hydrogen-bond acceptors (Lipinski definition) is 5. The number of rotatable bonds is 6. The minimum absolute atomic E-state index is 0.119. The zero-order valence-electron chi connectivity index (χ0n) is 19.3. The van der Waals surface area contributed by atoms with E-state index in [9.17, 15) is 4.79 Å². The molecule has 1 amide bonds. The minimum Gasteiger partial charge on any atom is -0.481 e. The Labute approximate surface area is 189 Å². The molecule has 168 valence electrons. The summed E-state index contributed by atoms with van der Waals surface area (Å²) < 4.78 is 7.08. The number of piperidine rings is 1. The van der Waals surface area contributed by atoms with Crippen molar-refractivity contribution in [3.8, 4) is 17.1 Å². The van der Waals surface area contributed by atoms with E-state index >= 15 is 0 Å². The number of likely N-dealkylation sites (tertiary alicyclic amines) is 1. The SMILES string of the molecule is CCc1cc(-c2ccc(C)c(C)c2)nn1CC(=O)N1CCC(c2cc(OC)ncn2)CC1. The van der Waals surface area contributed by atoms with Crippen LogP contribution in [0, 0.1) is 13.8 Å². The second-order valence-corrected chi connectivity index (χ2v) is 8.47. The topological polar surface area (TPSA) is 73.1 Å². The van der Waals surface area contributed by atoms with Gasteiger partial charge in [0.2, 0.25) is 11.8 Å². The highest BCUT2D eigenvalue weighted by Gasteiger charge is 2.26. The van der Waals surface area contributed by atoms with Crippen molar-refractivity contribution < 1.29 is 9.53 Å². The van der Waals surface area contributed by atoms with E-state index in [0.29, 0.717) is 11.8 Å². The van der Waals surface area contributed by atoms with Gasteiger partial charge in [-0.05, 0) is 56.4 Å². The lowest BCUT2D eigenvalue weighted by Gasteiger charge is -2.31. The lowest BCUT2D eigenvalue weighted by atomic mass is 9.93. The molecule has 32 heavy (non-hydrogen) atoms. The van der Waals surface area contributed by atoms with Crippen molar-refractivity contribution in [2.45, 2.75) is 52.5 Å². The Morgan fingerprint density at radius 2 is 1.88 bits per heavy atom. The van der Waals surface area contributed by atoms with Crippen LogP contribution in [0.2, 0.25) is 0 Å². The van der Waals surface area contributed by atoms with Crippen LogP contribution in [0.5, 0.6) is 5.88 Å². The van der Waals surface area contributed by atoms with Crippen LogP contribution < -0.4 is 4.74 Å². The smallest absolute Gasteiger partial charge is 0.244 e. The third kappa shape index (κ3) is 4.66. The van der Waals surface area contributed by atoms with Gasteiger partial charge in [-0.2, -0.15) is 5.10 Å². The summed E-state index contributed by atoms with van der Waals surface area (Å²) in [6.45, 7) is 8.05. The zero-order chi connectivity index (χ0) is 22.7. The van der Waals surface area contributed by atoms with Crippen molar-refractivity contribution in [2.24, 2.45) is 0 Å². The second kappa shape index (κ2) is 9.51. The summed E-state index contributed by atoms with van der Waals surface area (Å²) in [5.41, 5.74) is 6.60. The quantitative estimate of drug-likeness (QED) is 0.589. The Balaban J connectivity index is 1.42. The number of benzene rings is 1. The van der Waals surface area contributed by atoms with Gasteiger partial charge in [0.25, 0.3) is 0 Å². The molecule has 1 aliphatic heterocycles. The molecule has 0 radical (unpaired) electrons. The van der Waals surface area contributed by atoms with Crippen LogP contribution in [0.4, 0.5) is 0 Å². The summed E-state index contributed by atoms with van der Waals surface area (Å²) in [6, 6.07) is 10.4. The maximum Gasteiger partial charge on any atom is 0.244 e. The van der Waals surface area contributed by atoms with E-state index in [-0.39, 0.29) is 12.5 Å². The number of amides is 1. The van der Waals surface area contributed by atoms with Gasteiger partial charge >= 0.3 is 0 Å². The van der Waals surface area contributed by atoms with Gasteiger partial charge in [0.1, 0.15) is 12.9 Å². The third-order valence-electron chi connectivity index (χ3n) is 6.45. The number of ether oxygens (including phenoxy) is 1. The van der Waals surface area contributed by atoms with Crippen molar-refractivity contribution in [3.05, 3.63) is 59.2 Å². The Morgan fingerprint density at radius 1 is 1.09 bits per heavy atom. The van der Waals surface area contributed by atoms with Crippen molar-refractivity contribution in [1.82, 2.24) is 24.6 Å². The molecule has 0 N–H and O–H groups in total. The highest BCUT2D eigenvalue weighted by molar-refractivity contribution is 5.76. The van der Waals surface area contributed by atoms with E-state index in [0.717, 1.165) is 55.0 Å². The van der Waals surface area contributed by atoms with Gasteiger partial charge in [0, 0.05) is 36.3 Å². The molecule has 0 bridgehead atoms. The lowest BCUT2D eigenvalue weighted by Crippen LogP contribution is -2.40. The molecule has 0 saturated carbocycles. The summed E-state index contributed by atoms with van der Waals surface area (Å²) in [5, 5.41) is 4.78. The molecule has 4 rings (SSSR count). The predicted molar refractivity (Wildman–Crippen MR) is 124 cm³/mol. The van der Waals surface area contributed by atoms with E-state index in [1.165, 1.54) is 11.1 Å². The number of hydrogen-bond donors (Lipinski definition) is 0. The first kappa shape index (κ1) is 22.0. The van der Waals surface area contributed by atoms with Crippen LogP contribution in [0.15, 0.2) is 36.7 Å².